The number of para-hydroxylation sites is 2. The monoisotopic (exact) mass is 221 g/mol. The van der Waals surface area contributed by atoms with Crippen LogP contribution in [0.4, 0.5) is 5.69 Å². The molecule has 0 aromatic heterocycles. The van der Waals surface area contributed by atoms with Crippen molar-refractivity contribution < 1.29 is 19.4 Å². The first-order valence-electron chi connectivity index (χ1n) is 4.92. The Labute approximate surface area is 92.2 Å². The summed E-state index contributed by atoms with van der Waals surface area (Å²) < 4.78 is 5.38. The van der Waals surface area contributed by atoms with E-state index in [4.69, 9.17) is 9.84 Å². The molecule has 1 aliphatic rings. The van der Waals surface area contributed by atoms with Crippen LogP contribution in [0.25, 0.3) is 0 Å². The number of anilines is 1. The van der Waals surface area contributed by atoms with Crippen LogP contribution in [0.3, 0.4) is 0 Å². The van der Waals surface area contributed by atoms with Gasteiger partial charge in [-0.1, -0.05) is 12.1 Å². The van der Waals surface area contributed by atoms with Crippen molar-refractivity contribution in [2.75, 3.05) is 18.1 Å². The molecule has 2 rings (SSSR count). The second-order valence-corrected chi connectivity index (χ2v) is 3.44. The second kappa shape index (κ2) is 4.22. The Morgan fingerprint density at radius 1 is 1.44 bits per heavy atom. The lowest BCUT2D eigenvalue weighted by atomic mass is 10.2. The van der Waals surface area contributed by atoms with E-state index in [2.05, 4.69) is 0 Å². The van der Waals surface area contributed by atoms with Crippen LogP contribution in [0.5, 0.6) is 5.75 Å². The maximum absolute atomic E-state index is 11.7. The number of amides is 1. The molecule has 0 saturated heterocycles. The Hall–Kier alpha value is -2.04. The smallest absolute Gasteiger partial charge is 0.323 e. The number of hydrogen-bond acceptors (Lipinski definition) is 3. The number of carboxylic acids is 1. The van der Waals surface area contributed by atoms with Crippen molar-refractivity contribution in [1.82, 2.24) is 0 Å². The normalized spacial score (nSPS) is 15.0. The van der Waals surface area contributed by atoms with Gasteiger partial charge in [-0.15, -0.1) is 0 Å². The molecule has 0 fully saturated rings. The molecule has 1 aromatic rings. The maximum Gasteiger partial charge on any atom is 0.323 e. The maximum atomic E-state index is 11.7. The minimum absolute atomic E-state index is 0.196. The zero-order valence-electron chi connectivity index (χ0n) is 8.55. The zero-order chi connectivity index (χ0) is 11.5. The molecule has 0 saturated carbocycles. The molecule has 0 aliphatic carbocycles. The van der Waals surface area contributed by atoms with Crippen molar-refractivity contribution in [3.8, 4) is 5.75 Å². The van der Waals surface area contributed by atoms with Gasteiger partial charge < -0.3 is 9.84 Å². The fourth-order valence-electron chi connectivity index (χ4n) is 1.63. The third kappa shape index (κ3) is 1.98. The van der Waals surface area contributed by atoms with Crippen molar-refractivity contribution in [2.24, 2.45) is 0 Å². The summed E-state index contributed by atoms with van der Waals surface area (Å²) in [5.41, 5.74) is 0.521. The van der Waals surface area contributed by atoms with Crippen LogP contribution in [0, 0.1) is 0 Å². The Kier molecular flexibility index (Phi) is 2.76. The highest BCUT2D eigenvalue weighted by molar-refractivity contribution is 5.99. The fourth-order valence-corrected chi connectivity index (χ4v) is 1.63. The molecule has 0 unspecified atom stereocenters. The third-order valence-electron chi connectivity index (χ3n) is 2.32. The Bertz CT molecular complexity index is 430. The molecule has 0 bridgehead atoms. The molecule has 0 radical (unpaired) electrons. The molecule has 5 nitrogen and oxygen atoms in total. The minimum atomic E-state index is -1.04. The van der Waals surface area contributed by atoms with Gasteiger partial charge >= 0.3 is 5.97 Å². The van der Waals surface area contributed by atoms with Crippen LogP contribution in [-0.4, -0.2) is 30.1 Å². The number of nitrogens with zero attached hydrogens (tertiary/aromatic N) is 1. The summed E-state index contributed by atoms with van der Waals surface area (Å²) >= 11 is 0. The summed E-state index contributed by atoms with van der Waals surface area (Å²) in [6.45, 7) is -0.0504. The topological polar surface area (TPSA) is 66.8 Å². The molecule has 1 N–H and O–H groups in total. The number of ether oxygens (including phenoxy) is 1. The highest BCUT2D eigenvalue weighted by atomic mass is 16.5. The third-order valence-corrected chi connectivity index (χ3v) is 2.32. The van der Waals surface area contributed by atoms with E-state index in [1.165, 1.54) is 4.90 Å². The van der Waals surface area contributed by atoms with Gasteiger partial charge in [0.05, 0.1) is 18.7 Å². The van der Waals surface area contributed by atoms with E-state index in [0.717, 1.165) is 0 Å². The van der Waals surface area contributed by atoms with E-state index in [1.807, 2.05) is 0 Å². The van der Waals surface area contributed by atoms with Gasteiger partial charge in [0.1, 0.15) is 12.3 Å². The molecule has 84 valence electrons. The quantitative estimate of drug-likeness (QED) is 0.805. The van der Waals surface area contributed by atoms with Crippen molar-refractivity contribution in [1.29, 1.82) is 0 Å². The van der Waals surface area contributed by atoms with Gasteiger partial charge in [-0.25, -0.2) is 0 Å². The minimum Gasteiger partial charge on any atom is -0.491 e. The predicted octanol–water partition coefficient (Wildman–Crippen LogP) is 0.887. The molecule has 1 heterocycles. The number of hydrogen-bond donors (Lipinski definition) is 1. The summed E-state index contributed by atoms with van der Waals surface area (Å²) in [7, 11) is 0. The van der Waals surface area contributed by atoms with E-state index >= 15 is 0 Å². The van der Waals surface area contributed by atoms with Gasteiger partial charge in [-0.3, -0.25) is 14.5 Å². The summed E-state index contributed by atoms with van der Waals surface area (Å²) in [6, 6.07) is 6.94. The summed E-state index contributed by atoms with van der Waals surface area (Å²) in [5.74, 6) is -0.716. The van der Waals surface area contributed by atoms with E-state index in [-0.39, 0.29) is 25.5 Å². The average Bonchev–Trinajstić information content (AvgIpc) is 2.40. The van der Waals surface area contributed by atoms with E-state index in [9.17, 15) is 9.59 Å². The lowest BCUT2D eigenvalue weighted by Crippen LogP contribution is -2.35. The molecular weight excluding hydrogens is 210 g/mol. The first-order valence-corrected chi connectivity index (χ1v) is 4.92. The molecule has 1 amide bonds. The van der Waals surface area contributed by atoms with Crippen LogP contribution < -0.4 is 9.64 Å². The van der Waals surface area contributed by atoms with Crippen molar-refractivity contribution in [2.45, 2.75) is 6.42 Å². The SMILES string of the molecule is O=C(O)CN1C(=O)CCOc2ccccc21. The molecule has 5 heteroatoms. The van der Waals surface area contributed by atoms with E-state index < -0.39 is 5.97 Å². The number of carboxylic acid groups (broad SMARTS) is 1. The van der Waals surface area contributed by atoms with Crippen LogP contribution in [-0.2, 0) is 9.59 Å². The zero-order valence-corrected chi connectivity index (χ0v) is 8.55. The van der Waals surface area contributed by atoms with Gasteiger partial charge in [-0.05, 0) is 12.1 Å². The van der Waals surface area contributed by atoms with Gasteiger partial charge in [0.15, 0.2) is 0 Å². The first kappa shape index (κ1) is 10.5. The van der Waals surface area contributed by atoms with Crippen molar-refractivity contribution in [3.63, 3.8) is 0 Å². The van der Waals surface area contributed by atoms with E-state index in [0.29, 0.717) is 11.4 Å². The predicted molar refractivity (Wildman–Crippen MR) is 56.5 cm³/mol. The molecular formula is C11H11NO4. The van der Waals surface area contributed by atoms with Crippen LogP contribution in [0.2, 0.25) is 0 Å². The van der Waals surface area contributed by atoms with Crippen LogP contribution in [0.15, 0.2) is 24.3 Å². The summed E-state index contributed by atoms with van der Waals surface area (Å²) in [5, 5.41) is 8.77. The van der Waals surface area contributed by atoms with Gasteiger partial charge in [0.25, 0.3) is 0 Å². The first-order chi connectivity index (χ1) is 7.68. The number of benzene rings is 1. The molecule has 16 heavy (non-hydrogen) atoms. The van der Waals surface area contributed by atoms with Gasteiger partial charge in [-0.2, -0.15) is 0 Å². The second-order valence-electron chi connectivity index (χ2n) is 3.44. The van der Waals surface area contributed by atoms with E-state index in [1.54, 1.807) is 24.3 Å². The standard InChI is InChI=1S/C11H11NO4/c13-10-5-6-16-9-4-2-1-3-8(9)12(10)7-11(14)15/h1-4H,5-7H2,(H,14,15). The number of carbonyl (C=O) groups is 2. The van der Waals surface area contributed by atoms with Crippen LogP contribution in [0.1, 0.15) is 6.42 Å². The Balaban J connectivity index is 2.39. The molecule has 0 atom stereocenters. The molecule has 1 aliphatic heterocycles. The highest BCUT2D eigenvalue weighted by Gasteiger charge is 2.24. The highest BCUT2D eigenvalue weighted by Crippen LogP contribution is 2.30. The number of rotatable bonds is 2. The van der Waals surface area contributed by atoms with Crippen molar-refractivity contribution >= 4 is 17.6 Å². The lowest BCUT2D eigenvalue weighted by molar-refractivity contribution is -0.136. The average molecular weight is 221 g/mol. The van der Waals surface area contributed by atoms with Crippen LogP contribution >= 0.6 is 0 Å². The number of carbonyl (C=O) groups excluding carboxylic acids is 1. The Morgan fingerprint density at radius 3 is 2.94 bits per heavy atom. The molecule has 0 spiro atoms. The summed E-state index contributed by atoms with van der Waals surface area (Å²) in [4.78, 5) is 23.6. The van der Waals surface area contributed by atoms with Gasteiger partial charge in [0, 0.05) is 0 Å². The van der Waals surface area contributed by atoms with Gasteiger partial charge in [0.2, 0.25) is 5.91 Å². The van der Waals surface area contributed by atoms with Crippen molar-refractivity contribution in [3.05, 3.63) is 24.3 Å². The largest absolute Gasteiger partial charge is 0.491 e. The summed E-state index contributed by atoms with van der Waals surface area (Å²) in [6.07, 6.45) is 0.196. The number of fused-ring (bicyclic) bond motifs is 1. The lowest BCUT2D eigenvalue weighted by Gasteiger charge is -2.19. The fraction of sp³-hybridized carbons (Fsp3) is 0.273. The number of aliphatic carboxylic acids is 1. The Morgan fingerprint density at radius 2 is 2.19 bits per heavy atom. The molecule has 1 aromatic carbocycles.